The van der Waals surface area contributed by atoms with Crippen LogP contribution in [0, 0.1) is 0 Å². The Hall–Kier alpha value is -8.40. The number of benzene rings is 10. The Morgan fingerprint density at radius 1 is 0.254 bits per heavy atom. The second-order valence-electron chi connectivity index (χ2n) is 14.9. The molecule has 0 saturated heterocycles. The average molecular weight is 823 g/mol. The summed E-state index contributed by atoms with van der Waals surface area (Å²) in [5, 5.41) is -1.92. The topological polar surface area (TPSA) is 14.8 Å². The van der Waals surface area contributed by atoms with Gasteiger partial charge >= 0.3 is 0 Å². The lowest BCUT2D eigenvalue weighted by Gasteiger charge is -2.11. The average Bonchev–Trinajstić information content (AvgIpc) is 1.55. The van der Waals surface area contributed by atoms with Gasteiger partial charge in [-0.15, -0.1) is 0 Å². The molecule has 63 heavy (non-hydrogen) atoms. The Morgan fingerprint density at radius 3 is 1.22 bits per heavy atom. The molecule has 0 saturated carbocycles. The number of rotatable bonds is 6. The van der Waals surface area contributed by atoms with Gasteiger partial charge in [-0.25, -0.2) is 0 Å². The second kappa shape index (κ2) is 14.1. The summed E-state index contributed by atoms with van der Waals surface area (Å²) in [5.41, 5.74) is 0.174. The zero-order valence-electron chi connectivity index (χ0n) is 53.7. The van der Waals surface area contributed by atoms with E-state index in [0.29, 0.717) is 16.9 Å². The van der Waals surface area contributed by atoms with Crippen LogP contribution in [-0.4, -0.2) is 13.7 Å². The highest BCUT2D eigenvalue weighted by Gasteiger charge is 2.19. The van der Waals surface area contributed by atoms with E-state index in [0.717, 1.165) is 21.3 Å². The fourth-order valence-corrected chi connectivity index (χ4v) is 8.52. The van der Waals surface area contributed by atoms with E-state index in [1.165, 1.54) is 9.13 Å². The minimum atomic E-state index is -0.885. The van der Waals surface area contributed by atoms with Crippen molar-refractivity contribution in [3.8, 4) is 50.4 Å². The van der Waals surface area contributed by atoms with Gasteiger partial charge in [-0.05, 0) is 118 Å². The minimum Gasteiger partial charge on any atom is -0.309 e. The van der Waals surface area contributed by atoms with Crippen molar-refractivity contribution in [2.75, 3.05) is 0 Å². The molecule has 0 N–H and O–H groups in total. The van der Waals surface area contributed by atoms with Gasteiger partial charge in [-0.3, -0.25) is 0 Å². The van der Waals surface area contributed by atoms with Gasteiger partial charge in [0.2, 0.25) is 0 Å². The normalized spacial score (nSPS) is 16.5. The molecule has 0 bridgehead atoms. The number of hydrogen-bond acceptors (Lipinski definition) is 0. The first-order chi connectivity index (χ1) is 40.0. The standard InChI is InChI=1S/C60H39N3/c1-3-14-40(15-4-1)42-26-30-46(31-27-42)61-55-23-10-9-22-51(55)54-39-48(32-35-60(54)61)63-57-25-12-8-21-50(57)53-38-45(29-34-59(53)63)44-28-33-58-52(37-44)49-20-7-11-24-56(49)62(58)47-19-13-18-43(36-47)41-16-5-2-6-17-41/h1-39H/i7D,8D,9D,10D,11D,12D,20D,21D,22D,23D,24D,25D,28D,29D,32D,33D,34D,35D,37D,38D,39D. The summed E-state index contributed by atoms with van der Waals surface area (Å²) >= 11 is 0. The van der Waals surface area contributed by atoms with Crippen LogP contribution in [0.15, 0.2) is 236 Å². The predicted octanol–water partition coefficient (Wildman–Crippen LogP) is 16.0. The van der Waals surface area contributed by atoms with Gasteiger partial charge in [-0.2, -0.15) is 0 Å². The van der Waals surface area contributed by atoms with Crippen molar-refractivity contribution in [3.05, 3.63) is 236 Å². The lowest BCUT2D eigenvalue weighted by atomic mass is 10.0. The number of nitrogens with zero attached hydrogens (tertiary/aromatic N) is 3. The smallest absolute Gasteiger partial charge is 0.0652 e. The maximum atomic E-state index is 10.1. The monoisotopic (exact) mass is 822 g/mol. The highest BCUT2D eigenvalue weighted by Crippen LogP contribution is 2.40. The molecule has 0 aliphatic heterocycles. The summed E-state index contributed by atoms with van der Waals surface area (Å²) in [6.45, 7) is 0. The van der Waals surface area contributed by atoms with Crippen molar-refractivity contribution < 1.29 is 28.8 Å². The summed E-state index contributed by atoms with van der Waals surface area (Å²) in [6, 6.07) is 17.6. The number of para-hydroxylation sites is 3. The van der Waals surface area contributed by atoms with Crippen molar-refractivity contribution in [3.63, 3.8) is 0 Å². The van der Waals surface area contributed by atoms with Crippen LogP contribution < -0.4 is 0 Å². The van der Waals surface area contributed by atoms with E-state index in [4.69, 9.17) is 8.22 Å². The Kier molecular flexibility index (Phi) is 4.57. The summed E-state index contributed by atoms with van der Waals surface area (Å²) in [6.07, 6.45) is 0. The molecule has 13 rings (SSSR count). The molecule has 13 aromatic rings. The SMILES string of the molecule is [2H]c1c([2H])c([2H])c2c(c1[2H])c1c([2H])c(-c3c([2H])c([2H])c4c(c3[2H])c3c([2H])c([2H])c([2H])c([2H])c3n4-c3c([2H])c([2H])c4c(c3[2H])c3c([2H])c([2H])c([2H])c([2H])c3n4-c3ccc(-c4ccccc4)cc3)c([2H])c([2H])c1n2-c1cccc(-c2ccccc2)c1. The van der Waals surface area contributed by atoms with Gasteiger partial charge in [0.25, 0.3) is 0 Å². The molecule has 0 radical (unpaired) electrons. The lowest BCUT2D eigenvalue weighted by Crippen LogP contribution is -1.96. The second-order valence-corrected chi connectivity index (χ2v) is 14.9. The third-order valence-electron chi connectivity index (χ3n) is 11.4. The van der Waals surface area contributed by atoms with E-state index in [1.807, 2.05) is 66.7 Å². The van der Waals surface area contributed by atoms with Crippen molar-refractivity contribution in [1.29, 1.82) is 0 Å². The fraction of sp³-hybridized carbons (Fsp3) is 0. The lowest BCUT2D eigenvalue weighted by molar-refractivity contribution is 1.17. The first kappa shape index (κ1) is 20.4. The molecule has 0 amide bonds. The Balaban J connectivity index is 1.15. The molecule has 0 spiro atoms. The molecule has 3 nitrogen and oxygen atoms in total. The van der Waals surface area contributed by atoms with Crippen LogP contribution in [0.5, 0.6) is 0 Å². The highest BCUT2D eigenvalue weighted by atomic mass is 15.0. The molecule has 0 aliphatic rings. The van der Waals surface area contributed by atoms with Crippen LogP contribution in [0.4, 0.5) is 0 Å². The summed E-state index contributed by atoms with van der Waals surface area (Å²) in [7, 11) is 0. The maximum Gasteiger partial charge on any atom is 0.0652 e. The third-order valence-corrected chi connectivity index (χ3v) is 11.4. The number of aromatic nitrogens is 3. The quantitative estimate of drug-likeness (QED) is 0.159. The minimum absolute atomic E-state index is 0.143. The Morgan fingerprint density at radius 2 is 0.667 bits per heavy atom. The molecule has 3 heteroatoms. The molecular formula is C60H39N3. The molecule has 0 atom stereocenters. The number of hydrogen-bond donors (Lipinski definition) is 0. The Labute approximate surface area is 394 Å². The van der Waals surface area contributed by atoms with Crippen molar-refractivity contribution in [1.82, 2.24) is 13.7 Å². The van der Waals surface area contributed by atoms with Crippen LogP contribution in [0.25, 0.3) is 116 Å². The molecule has 3 heterocycles. The summed E-state index contributed by atoms with van der Waals surface area (Å²) in [5.74, 6) is 0. The molecule has 10 aromatic carbocycles. The third kappa shape index (κ3) is 5.60. The van der Waals surface area contributed by atoms with Crippen LogP contribution in [0.3, 0.4) is 0 Å². The van der Waals surface area contributed by atoms with Crippen LogP contribution >= 0.6 is 0 Å². The van der Waals surface area contributed by atoms with Gasteiger partial charge in [0.1, 0.15) is 0 Å². The van der Waals surface area contributed by atoms with Crippen molar-refractivity contribution >= 4 is 65.4 Å². The van der Waals surface area contributed by atoms with Crippen LogP contribution in [0.2, 0.25) is 0 Å². The van der Waals surface area contributed by atoms with Gasteiger partial charge in [-0.1, -0.05) is 151 Å². The van der Waals surface area contributed by atoms with Gasteiger partial charge < -0.3 is 13.7 Å². The molecule has 0 aliphatic carbocycles. The maximum absolute atomic E-state index is 10.1. The first-order valence-corrected chi connectivity index (χ1v) is 20.0. The van der Waals surface area contributed by atoms with Gasteiger partial charge in [0, 0.05) is 49.4 Å². The van der Waals surface area contributed by atoms with E-state index in [9.17, 15) is 20.6 Å². The summed E-state index contributed by atoms with van der Waals surface area (Å²) < 4.78 is 201. The van der Waals surface area contributed by atoms with Gasteiger partial charge in [0.15, 0.2) is 0 Å². The number of fused-ring (bicyclic) bond motifs is 9. The molecule has 0 unspecified atom stereocenters. The van der Waals surface area contributed by atoms with Crippen molar-refractivity contribution in [2.45, 2.75) is 0 Å². The van der Waals surface area contributed by atoms with Gasteiger partial charge in [0.05, 0.1) is 61.9 Å². The van der Waals surface area contributed by atoms with E-state index < -0.39 is 166 Å². The van der Waals surface area contributed by atoms with E-state index >= 15 is 0 Å². The first-order valence-electron chi connectivity index (χ1n) is 30.5. The Bertz CT molecular complexity index is 5130. The van der Waals surface area contributed by atoms with Crippen LogP contribution in [-0.2, 0) is 0 Å². The molecule has 0 fully saturated rings. The molecule has 294 valence electrons. The van der Waals surface area contributed by atoms with Crippen molar-refractivity contribution in [2.24, 2.45) is 0 Å². The molecular weight excluding hydrogens is 763 g/mol. The van der Waals surface area contributed by atoms with E-state index in [1.54, 1.807) is 42.5 Å². The predicted molar refractivity (Wildman–Crippen MR) is 266 cm³/mol. The highest BCUT2D eigenvalue weighted by molar-refractivity contribution is 6.14. The van der Waals surface area contributed by atoms with Crippen LogP contribution in [0.1, 0.15) is 28.8 Å². The fourth-order valence-electron chi connectivity index (χ4n) is 8.52. The zero-order valence-corrected chi connectivity index (χ0v) is 32.7. The van der Waals surface area contributed by atoms with E-state index in [-0.39, 0.29) is 43.6 Å². The molecule has 3 aromatic heterocycles. The largest absolute Gasteiger partial charge is 0.309 e. The zero-order chi connectivity index (χ0) is 59.7. The van der Waals surface area contributed by atoms with E-state index in [2.05, 4.69) is 0 Å². The summed E-state index contributed by atoms with van der Waals surface area (Å²) in [4.78, 5) is 0.